The summed E-state index contributed by atoms with van der Waals surface area (Å²) in [5.74, 6) is 1.21. The van der Waals surface area contributed by atoms with Crippen molar-refractivity contribution in [1.29, 1.82) is 0 Å². The molecule has 0 aromatic heterocycles. The molecule has 0 aromatic rings. The first-order chi connectivity index (χ1) is 6.64. The van der Waals surface area contributed by atoms with Crippen molar-refractivity contribution < 1.29 is 4.74 Å². The molecule has 1 N–H and O–H groups in total. The van der Waals surface area contributed by atoms with E-state index in [4.69, 9.17) is 4.74 Å². The second-order valence-electron chi connectivity index (χ2n) is 4.91. The molecule has 2 atom stereocenters. The van der Waals surface area contributed by atoms with Gasteiger partial charge < -0.3 is 10.1 Å². The van der Waals surface area contributed by atoms with Crippen molar-refractivity contribution in [2.75, 3.05) is 13.7 Å². The van der Waals surface area contributed by atoms with E-state index in [-0.39, 0.29) is 5.41 Å². The number of rotatable bonds is 2. The van der Waals surface area contributed by atoms with Gasteiger partial charge in [0.15, 0.2) is 0 Å². The van der Waals surface area contributed by atoms with Crippen LogP contribution in [0, 0.1) is 5.41 Å². The third-order valence-corrected chi connectivity index (χ3v) is 3.68. The minimum Gasteiger partial charge on any atom is -0.381 e. The van der Waals surface area contributed by atoms with Gasteiger partial charge in [-0.2, -0.15) is 0 Å². The van der Waals surface area contributed by atoms with E-state index in [9.17, 15) is 0 Å². The van der Waals surface area contributed by atoms with Crippen molar-refractivity contribution in [1.82, 2.24) is 5.32 Å². The Balaban J connectivity index is 1.89. The zero-order chi connectivity index (χ0) is 10.2. The summed E-state index contributed by atoms with van der Waals surface area (Å²) in [5, 5.41) is 3.54. The van der Waals surface area contributed by atoms with E-state index in [2.05, 4.69) is 24.2 Å². The molecule has 1 aliphatic carbocycles. The maximum atomic E-state index is 5.42. The summed E-state index contributed by atoms with van der Waals surface area (Å²) in [6.07, 6.45) is 3.86. The number of methoxy groups -OCH3 is 1. The van der Waals surface area contributed by atoms with Gasteiger partial charge in [-0.25, -0.2) is 0 Å². The summed E-state index contributed by atoms with van der Waals surface area (Å²) in [4.78, 5) is 4.44. The maximum Gasteiger partial charge on any atom is 0.0966 e. The van der Waals surface area contributed by atoms with Gasteiger partial charge in [-0.1, -0.05) is 13.8 Å². The predicted molar refractivity (Wildman–Crippen MR) is 57.7 cm³/mol. The Labute approximate surface area is 85.9 Å². The van der Waals surface area contributed by atoms with Crippen LogP contribution in [0.15, 0.2) is 4.99 Å². The molecule has 1 heterocycles. The van der Waals surface area contributed by atoms with Gasteiger partial charge in [0, 0.05) is 31.5 Å². The molecule has 1 saturated carbocycles. The summed E-state index contributed by atoms with van der Waals surface area (Å²) >= 11 is 0. The lowest BCUT2D eigenvalue weighted by atomic mass is 9.64. The van der Waals surface area contributed by atoms with Crippen LogP contribution in [0.3, 0.4) is 0 Å². The van der Waals surface area contributed by atoms with Gasteiger partial charge in [0.25, 0.3) is 0 Å². The number of nitrogens with zero attached hydrogens (tertiary/aromatic N) is 1. The van der Waals surface area contributed by atoms with Crippen molar-refractivity contribution in [2.45, 2.75) is 45.3 Å². The normalized spacial score (nSPS) is 34.9. The molecule has 0 amide bonds. The van der Waals surface area contributed by atoms with Crippen molar-refractivity contribution in [3.05, 3.63) is 0 Å². The molecule has 3 nitrogen and oxygen atoms in total. The molecule has 0 spiro atoms. The smallest absolute Gasteiger partial charge is 0.0966 e. The highest BCUT2D eigenvalue weighted by Gasteiger charge is 2.48. The van der Waals surface area contributed by atoms with Gasteiger partial charge in [-0.3, -0.25) is 4.99 Å². The third-order valence-electron chi connectivity index (χ3n) is 3.68. The lowest BCUT2D eigenvalue weighted by Crippen LogP contribution is -2.61. The zero-order valence-electron chi connectivity index (χ0n) is 9.34. The van der Waals surface area contributed by atoms with Crippen LogP contribution in [-0.4, -0.2) is 31.6 Å². The summed E-state index contributed by atoms with van der Waals surface area (Å²) in [6, 6.07) is 0.546. The van der Waals surface area contributed by atoms with Gasteiger partial charge in [0.05, 0.1) is 11.9 Å². The molecule has 2 aliphatic rings. The summed E-state index contributed by atoms with van der Waals surface area (Å²) < 4.78 is 5.42. The molecule has 0 saturated heterocycles. The van der Waals surface area contributed by atoms with Crippen molar-refractivity contribution in [3.8, 4) is 0 Å². The first-order valence-electron chi connectivity index (χ1n) is 5.47. The Bertz CT molecular complexity index is 248. The van der Waals surface area contributed by atoms with Gasteiger partial charge in [-0.05, 0) is 12.8 Å². The SMILES string of the molecule is COC1CC(NC2=NCCC2)C1(C)C. The molecule has 1 aliphatic heterocycles. The van der Waals surface area contributed by atoms with E-state index in [0.717, 1.165) is 19.4 Å². The van der Waals surface area contributed by atoms with E-state index in [1.54, 1.807) is 7.11 Å². The second kappa shape index (κ2) is 3.54. The molecule has 80 valence electrons. The Kier molecular flexibility index (Phi) is 2.52. The third kappa shape index (κ3) is 1.54. The van der Waals surface area contributed by atoms with Crippen LogP contribution >= 0.6 is 0 Å². The van der Waals surface area contributed by atoms with Crippen LogP contribution in [0.4, 0.5) is 0 Å². The summed E-state index contributed by atoms with van der Waals surface area (Å²) in [5.41, 5.74) is 0.250. The Morgan fingerprint density at radius 3 is 2.79 bits per heavy atom. The first-order valence-corrected chi connectivity index (χ1v) is 5.47. The number of amidine groups is 1. The molecule has 0 radical (unpaired) electrons. The van der Waals surface area contributed by atoms with E-state index in [1.165, 1.54) is 12.3 Å². The summed E-state index contributed by atoms with van der Waals surface area (Å²) in [6.45, 7) is 5.53. The van der Waals surface area contributed by atoms with Crippen LogP contribution in [0.5, 0.6) is 0 Å². The van der Waals surface area contributed by atoms with Gasteiger partial charge in [-0.15, -0.1) is 0 Å². The molecule has 0 bridgehead atoms. The monoisotopic (exact) mass is 196 g/mol. The van der Waals surface area contributed by atoms with Crippen LogP contribution in [0.1, 0.15) is 33.1 Å². The Morgan fingerprint density at radius 1 is 1.50 bits per heavy atom. The van der Waals surface area contributed by atoms with Crippen molar-refractivity contribution >= 4 is 5.84 Å². The summed E-state index contributed by atoms with van der Waals surface area (Å²) in [7, 11) is 1.80. The maximum absolute atomic E-state index is 5.42. The van der Waals surface area contributed by atoms with E-state index >= 15 is 0 Å². The van der Waals surface area contributed by atoms with Crippen molar-refractivity contribution in [2.24, 2.45) is 10.4 Å². The zero-order valence-corrected chi connectivity index (χ0v) is 9.34. The quantitative estimate of drug-likeness (QED) is 0.727. The van der Waals surface area contributed by atoms with Gasteiger partial charge in [0.2, 0.25) is 0 Å². The standard InChI is InChI=1S/C11H20N2O/c1-11(2)8(7-9(11)14-3)13-10-5-4-6-12-10/h8-9H,4-7H2,1-3H3,(H,12,13). The fourth-order valence-corrected chi connectivity index (χ4v) is 2.39. The lowest BCUT2D eigenvalue weighted by Gasteiger charge is -2.51. The second-order valence-corrected chi connectivity index (χ2v) is 4.91. The molecule has 3 heteroatoms. The highest BCUT2D eigenvalue weighted by atomic mass is 16.5. The van der Waals surface area contributed by atoms with Crippen LogP contribution in [0.25, 0.3) is 0 Å². The molecule has 2 rings (SSSR count). The van der Waals surface area contributed by atoms with Crippen LogP contribution in [-0.2, 0) is 4.74 Å². The van der Waals surface area contributed by atoms with Crippen molar-refractivity contribution in [3.63, 3.8) is 0 Å². The molecule has 0 aromatic carbocycles. The highest BCUT2D eigenvalue weighted by Crippen LogP contribution is 2.42. The molecule has 14 heavy (non-hydrogen) atoms. The van der Waals surface area contributed by atoms with Crippen LogP contribution in [0.2, 0.25) is 0 Å². The van der Waals surface area contributed by atoms with E-state index < -0.39 is 0 Å². The average Bonchev–Trinajstić information content (AvgIpc) is 2.64. The fourth-order valence-electron chi connectivity index (χ4n) is 2.39. The highest BCUT2D eigenvalue weighted by molar-refractivity contribution is 5.84. The number of hydrogen-bond donors (Lipinski definition) is 1. The number of aliphatic imine (C=N–C) groups is 1. The molecule has 2 unspecified atom stereocenters. The number of hydrogen-bond acceptors (Lipinski definition) is 3. The molecule has 1 fully saturated rings. The minimum absolute atomic E-state index is 0.250. The topological polar surface area (TPSA) is 33.6 Å². The first kappa shape index (κ1) is 9.97. The number of nitrogens with one attached hydrogen (secondary N) is 1. The van der Waals surface area contributed by atoms with E-state index in [0.29, 0.717) is 12.1 Å². The molecular formula is C11H20N2O. The van der Waals surface area contributed by atoms with Crippen LogP contribution < -0.4 is 5.32 Å². The number of ether oxygens (including phenoxy) is 1. The van der Waals surface area contributed by atoms with Gasteiger partial charge >= 0.3 is 0 Å². The average molecular weight is 196 g/mol. The Hall–Kier alpha value is -0.570. The Morgan fingerprint density at radius 2 is 2.29 bits per heavy atom. The minimum atomic E-state index is 0.250. The van der Waals surface area contributed by atoms with Gasteiger partial charge in [0.1, 0.15) is 0 Å². The van der Waals surface area contributed by atoms with E-state index in [1.807, 2.05) is 0 Å². The predicted octanol–water partition coefficient (Wildman–Crippen LogP) is 1.58. The lowest BCUT2D eigenvalue weighted by molar-refractivity contribution is -0.0921. The molecular weight excluding hydrogens is 176 g/mol. The fraction of sp³-hybridized carbons (Fsp3) is 0.909. The largest absolute Gasteiger partial charge is 0.381 e.